The van der Waals surface area contributed by atoms with Gasteiger partial charge in [-0.1, -0.05) is 12.1 Å². The van der Waals surface area contributed by atoms with Gasteiger partial charge in [0.2, 0.25) is 5.91 Å². The molecule has 1 aromatic rings. The maximum Gasteiger partial charge on any atom is 0.258 e. The standard InChI is InChI=1S/C17H22N2O4/c1-22-15-7-3-2-5-13(15)16(20)19-8-4-6-14(19)17(21)18-9-11-23-12-10-18/h2-3,5,7,14H,4,6,8-12H2,1H3/t14-/m1/s1. The minimum absolute atomic E-state index is 0.0362. The van der Waals surface area contributed by atoms with Crippen molar-refractivity contribution in [2.24, 2.45) is 0 Å². The average Bonchev–Trinajstić information content (AvgIpc) is 3.10. The van der Waals surface area contributed by atoms with Crippen LogP contribution in [0.25, 0.3) is 0 Å². The Morgan fingerprint density at radius 3 is 2.65 bits per heavy atom. The van der Waals surface area contributed by atoms with E-state index in [1.165, 1.54) is 0 Å². The average molecular weight is 318 g/mol. The second-order valence-electron chi connectivity index (χ2n) is 5.79. The largest absolute Gasteiger partial charge is 0.496 e. The smallest absolute Gasteiger partial charge is 0.258 e. The third-order valence-corrected chi connectivity index (χ3v) is 4.46. The van der Waals surface area contributed by atoms with Crippen LogP contribution in [-0.4, -0.2) is 67.6 Å². The van der Waals surface area contributed by atoms with Crippen LogP contribution in [0.1, 0.15) is 23.2 Å². The summed E-state index contributed by atoms with van der Waals surface area (Å²) in [5, 5.41) is 0. The number of hydrogen-bond donors (Lipinski definition) is 0. The molecule has 0 aromatic heterocycles. The number of benzene rings is 1. The van der Waals surface area contributed by atoms with Crippen molar-refractivity contribution in [3.8, 4) is 5.75 Å². The molecule has 6 heteroatoms. The van der Waals surface area contributed by atoms with Gasteiger partial charge in [-0.3, -0.25) is 9.59 Å². The quantitative estimate of drug-likeness (QED) is 0.839. The molecule has 2 saturated heterocycles. The predicted octanol–water partition coefficient (Wildman–Crippen LogP) is 1.16. The lowest BCUT2D eigenvalue weighted by Crippen LogP contribution is -2.51. The summed E-state index contributed by atoms with van der Waals surface area (Å²) in [5.74, 6) is 0.447. The van der Waals surface area contributed by atoms with Crippen LogP contribution in [0, 0.1) is 0 Å². The van der Waals surface area contributed by atoms with Gasteiger partial charge in [0.05, 0.1) is 25.9 Å². The van der Waals surface area contributed by atoms with Crippen molar-refractivity contribution in [2.75, 3.05) is 40.0 Å². The predicted molar refractivity (Wildman–Crippen MR) is 84.5 cm³/mol. The Kier molecular flexibility index (Phi) is 4.81. The molecule has 0 spiro atoms. The summed E-state index contributed by atoms with van der Waals surface area (Å²) >= 11 is 0. The Bertz CT molecular complexity index is 584. The lowest BCUT2D eigenvalue weighted by molar-refractivity contribution is -0.139. The highest BCUT2D eigenvalue weighted by atomic mass is 16.5. The van der Waals surface area contributed by atoms with Crippen molar-refractivity contribution in [3.63, 3.8) is 0 Å². The van der Waals surface area contributed by atoms with Crippen molar-refractivity contribution in [3.05, 3.63) is 29.8 Å². The fourth-order valence-electron chi connectivity index (χ4n) is 3.24. The molecule has 0 radical (unpaired) electrons. The number of nitrogens with zero attached hydrogens (tertiary/aromatic N) is 2. The summed E-state index contributed by atoms with van der Waals surface area (Å²) in [6, 6.07) is 6.78. The van der Waals surface area contributed by atoms with E-state index in [1.54, 1.807) is 24.1 Å². The van der Waals surface area contributed by atoms with Crippen LogP contribution < -0.4 is 4.74 Å². The van der Waals surface area contributed by atoms with Crippen LogP contribution >= 0.6 is 0 Å². The van der Waals surface area contributed by atoms with E-state index < -0.39 is 0 Å². The molecular formula is C17H22N2O4. The van der Waals surface area contributed by atoms with Gasteiger partial charge < -0.3 is 19.3 Å². The van der Waals surface area contributed by atoms with Gasteiger partial charge in [-0.05, 0) is 25.0 Å². The molecule has 0 saturated carbocycles. The molecule has 2 amide bonds. The Balaban J connectivity index is 1.78. The first-order valence-corrected chi connectivity index (χ1v) is 8.03. The third kappa shape index (κ3) is 3.17. The number of rotatable bonds is 3. The molecule has 2 aliphatic rings. The molecule has 3 rings (SSSR count). The summed E-state index contributed by atoms with van der Waals surface area (Å²) in [4.78, 5) is 29.1. The van der Waals surface area contributed by atoms with Crippen molar-refractivity contribution >= 4 is 11.8 Å². The minimum atomic E-state index is -0.370. The lowest BCUT2D eigenvalue weighted by Gasteiger charge is -2.32. The van der Waals surface area contributed by atoms with Crippen LogP contribution in [0.2, 0.25) is 0 Å². The summed E-state index contributed by atoms with van der Waals surface area (Å²) in [6.45, 7) is 2.95. The number of ether oxygens (including phenoxy) is 2. The highest BCUT2D eigenvalue weighted by Gasteiger charge is 2.37. The first-order valence-electron chi connectivity index (χ1n) is 8.03. The van der Waals surface area contributed by atoms with E-state index in [4.69, 9.17) is 9.47 Å². The van der Waals surface area contributed by atoms with Crippen LogP contribution in [0.3, 0.4) is 0 Å². The summed E-state index contributed by atoms with van der Waals surface area (Å²) < 4.78 is 10.6. The molecule has 2 heterocycles. The molecule has 6 nitrogen and oxygen atoms in total. The van der Waals surface area contributed by atoms with Gasteiger partial charge in [-0.2, -0.15) is 0 Å². The molecule has 1 atom stereocenters. The van der Waals surface area contributed by atoms with Crippen LogP contribution in [-0.2, 0) is 9.53 Å². The zero-order chi connectivity index (χ0) is 16.2. The number of para-hydroxylation sites is 1. The molecule has 0 aliphatic carbocycles. The number of carbonyl (C=O) groups excluding carboxylic acids is 2. The zero-order valence-corrected chi connectivity index (χ0v) is 13.4. The van der Waals surface area contributed by atoms with Crippen LogP contribution in [0.5, 0.6) is 5.75 Å². The fraction of sp³-hybridized carbons (Fsp3) is 0.529. The van der Waals surface area contributed by atoms with Crippen molar-refractivity contribution in [1.82, 2.24) is 9.80 Å². The number of likely N-dealkylation sites (tertiary alicyclic amines) is 1. The van der Waals surface area contributed by atoms with Crippen molar-refractivity contribution in [1.29, 1.82) is 0 Å². The van der Waals surface area contributed by atoms with Gasteiger partial charge in [-0.15, -0.1) is 0 Å². The summed E-state index contributed by atoms with van der Waals surface area (Å²) in [5.41, 5.74) is 0.511. The summed E-state index contributed by atoms with van der Waals surface area (Å²) in [6.07, 6.45) is 1.57. The zero-order valence-electron chi connectivity index (χ0n) is 13.4. The fourth-order valence-corrected chi connectivity index (χ4v) is 3.24. The van der Waals surface area contributed by atoms with Gasteiger partial charge in [0.15, 0.2) is 0 Å². The lowest BCUT2D eigenvalue weighted by atomic mass is 10.1. The first kappa shape index (κ1) is 15.8. The Morgan fingerprint density at radius 1 is 1.17 bits per heavy atom. The Labute approximate surface area is 136 Å². The van der Waals surface area contributed by atoms with E-state index in [-0.39, 0.29) is 17.9 Å². The van der Waals surface area contributed by atoms with Gasteiger partial charge in [0, 0.05) is 19.6 Å². The maximum absolute atomic E-state index is 12.9. The second-order valence-corrected chi connectivity index (χ2v) is 5.79. The maximum atomic E-state index is 12.9. The monoisotopic (exact) mass is 318 g/mol. The molecule has 124 valence electrons. The number of methoxy groups -OCH3 is 1. The van der Waals surface area contributed by atoms with Crippen LogP contribution in [0.15, 0.2) is 24.3 Å². The number of morpholine rings is 1. The van der Waals surface area contributed by atoms with E-state index >= 15 is 0 Å². The first-order chi connectivity index (χ1) is 11.2. The van der Waals surface area contributed by atoms with E-state index in [0.29, 0.717) is 44.2 Å². The topological polar surface area (TPSA) is 59.1 Å². The van der Waals surface area contributed by atoms with E-state index in [2.05, 4.69) is 0 Å². The molecule has 0 N–H and O–H groups in total. The van der Waals surface area contributed by atoms with Crippen molar-refractivity contribution in [2.45, 2.75) is 18.9 Å². The van der Waals surface area contributed by atoms with Gasteiger partial charge in [-0.25, -0.2) is 0 Å². The number of hydrogen-bond acceptors (Lipinski definition) is 4. The SMILES string of the molecule is COc1ccccc1C(=O)N1CCC[C@@H]1C(=O)N1CCOCC1. The Hall–Kier alpha value is -2.08. The Morgan fingerprint density at radius 2 is 1.91 bits per heavy atom. The third-order valence-electron chi connectivity index (χ3n) is 4.46. The molecular weight excluding hydrogens is 296 g/mol. The van der Waals surface area contributed by atoms with Gasteiger partial charge in [0.1, 0.15) is 11.8 Å². The van der Waals surface area contributed by atoms with Gasteiger partial charge in [0.25, 0.3) is 5.91 Å². The molecule has 23 heavy (non-hydrogen) atoms. The van der Waals surface area contributed by atoms with E-state index in [0.717, 1.165) is 12.8 Å². The molecule has 0 unspecified atom stereocenters. The second kappa shape index (κ2) is 7.00. The highest BCUT2D eigenvalue weighted by molar-refractivity contribution is 6.00. The molecule has 1 aromatic carbocycles. The molecule has 0 bridgehead atoms. The summed E-state index contributed by atoms with van der Waals surface area (Å²) in [7, 11) is 1.55. The number of amides is 2. The van der Waals surface area contributed by atoms with Crippen molar-refractivity contribution < 1.29 is 19.1 Å². The normalized spacial score (nSPS) is 21.3. The molecule has 2 fully saturated rings. The number of carbonyl (C=O) groups is 2. The van der Waals surface area contributed by atoms with E-state index in [9.17, 15) is 9.59 Å². The van der Waals surface area contributed by atoms with Crippen LogP contribution in [0.4, 0.5) is 0 Å². The van der Waals surface area contributed by atoms with E-state index in [1.807, 2.05) is 17.0 Å². The molecule has 2 aliphatic heterocycles. The minimum Gasteiger partial charge on any atom is -0.496 e. The van der Waals surface area contributed by atoms with Gasteiger partial charge >= 0.3 is 0 Å². The highest BCUT2D eigenvalue weighted by Crippen LogP contribution is 2.26.